The molecule has 4 nitrogen and oxygen atoms in total. The Hall–Kier alpha value is -0.580. The summed E-state index contributed by atoms with van der Waals surface area (Å²) in [6.45, 7) is 6.91. The number of rotatable bonds is 4. The molecule has 1 aromatic heterocycles. The second kappa shape index (κ2) is 5.59. The first-order chi connectivity index (χ1) is 8.62. The molecule has 0 aliphatic carbocycles. The van der Waals surface area contributed by atoms with Gasteiger partial charge in [0.2, 0.25) is 0 Å². The lowest BCUT2D eigenvalue weighted by molar-refractivity contribution is 0.0927. The number of nitrogens with zero attached hydrogens (tertiary/aromatic N) is 2. The minimum atomic E-state index is -0.0821. The summed E-state index contributed by atoms with van der Waals surface area (Å²) in [4.78, 5) is 0. The van der Waals surface area contributed by atoms with E-state index in [2.05, 4.69) is 17.3 Å². The van der Waals surface area contributed by atoms with Crippen molar-refractivity contribution in [2.24, 2.45) is 5.41 Å². The van der Waals surface area contributed by atoms with Crippen molar-refractivity contribution in [1.82, 2.24) is 15.1 Å². The third-order valence-corrected chi connectivity index (χ3v) is 4.38. The molecule has 5 heteroatoms. The van der Waals surface area contributed by atoms with Crippen molar-refractivity contribution in [3.8, 4) is 0 Å². The van der Waals surface area contributed by atoms with Crippen molar-refractivity contribution in [1.29, 1.82) is 0 Å². The molecule has 0 amide bonds. The van der Waals surface area contributed by atoms with Gasteiger partial charge in [-0.25, -0.2) is 0 Å². The van der Waals surface area contributed by atoms with Gasteiger partial charge in [-0.1, -0.05) is 11.6 Å². The number of nitrogens with one attached hydrogen (secondary N) is 1. The molecule has 102 valence electrons. The average Bonchev–Trinajstić information content (AvgIpc) is 2.67. The normalized spacial score (nSPS) is 24.4. The minimum absolute atomic E-state index is 0.0821. The SMILES string of the molecule is CCn1nc(C)c(Cl)c1CC1(CO)CCCNC1. The third kappa shape index (κ3) is 2.56. The quantitative estimate of drug-likeness (QED) is 0.878. The van der Waals surface area contributed by atoms with Crippen LogP contribution in [-0.2, 0) is 13.0 Å². The van der Waals surface area contributed by atoms with Gasteiger partial charge in [-0.3, -0.25) is 4.68 Å². The van der Waals surface area contributed by atoms with Crippen LogP contribution in [0.3, 0.4) is 0 Å². The van der Waals surface area contributed by atoms with E-state index in [0.29, 0.717) is 0 Å². The van der Waals surface area contributed by atoms with Gasteiger partial charge in [-0.05, 0) is 39.7 Å². The Morgan fingerprint density at radius 2 is 2.33 bits per heavy atom. The number of halogens is 1. The van der Waals surface area contributed by atoms with Crippen LogP contribution < -0.4 is 5.32 Å². The maximum Gasteiger partial charge on any atom is 0.0847 e. The van der Waals surface area contributed by atoms with Crippen LogP contribution in [0.1, 0.15) is 31.2 Å². The molecule has 18 heavy (non-hydrogen) atoms. The summed E-state index contributed by atoms with van der Waals surface area (Å²) in [6, 6.07) is 0. The van der Waals surface area contributed by atoms with Gasteiger partial charge in [0, 0.05) is 18.5 Å². The zero-order chi connectivity index (χ0) is 13.2. The number of aromatic nitrogens is 2. The van der Waals surface area contributed by atoms with Gasteiger partial charge >= 0.3 is 0 Å². The van der Waals surface area contributed by atoms with E-state index in [-0.39, 0.29) is 12.0 Å². The fraction of sp³-hybridized carbons (Fsp3) is 0.769. The first-order valence-corrected chi connectivity index (χ1v) is 7.03. The van der Waals surface area contributed by atoms with Crippen LogP contribution in [0.4, 0.5) is 0 Å². The first-order valence-electron chi connectivity index (χ1n) is 6.65. The van der Waals surface area contributed by atoms with E-state index >= 15 is 0 Å². The molecule has 0 spiro atoms. The lowest BCUT2D eigenvalue weighted by atomic mass is 9.77. The van der Waals surface area contributed by atoms with Crippen LogP contribution in [0.5, 0.6) is 0 Å². The summed E-state index contributed by atoms with van der Waals surface area (Å²) in [6.07, 6.45) is 2.95. The summed E-state index contributed by atoms with van der Waals surface area (Å²) in [5.41, 5.74) is 1.86. The molecule has 1 saturated heterocycles. The molecule has 0 radical (unpaired) electrons. The Bertz CT molecular complexity index is 411. The van der Waals surface area contributed by atoms with E-state index in [4.69, 9.17) is 11.6 Å². The van der Waals surface area contributed by atoms with Gasteiger partial charge in [0.15, 0.2) is 0 Å². The van der Waals surface area contributed by atoms with Crippen molar-refractivity contribution in [2.75, 3.05) is 19.7 Å². The highest BCUT2D eigenvalue weighted by molar-refractivity contribution is 6.31. The highest BCUT2D eigenvalue weighted by Crippen LogP contribution is 2.33. The molecule has 2 N–H and O–H groups in total. The lowest BCUT2D eigenvalue weighted by Gasteiger charge is -2.36. The van der Waals surface area contributed by atoms with Crippen molar-refractivity contribution < 1.29 is 5.11 Å². The number of hydrogen-bond donors (Lipinski definition) is 2. The Morgan fingerprint density at radius 3 is 2.89 bits per heavy atom. The molecule has 1 unspecified atom stereocenters. The largest absolute Gasteiger partial charge is 0.396 e. The highest BCUT2D eigenvalue weighted by Gasteiger charge is 2.33. The Labute approximate surface area is 113 Å². The predicted molar refractivity (Wildman–Crippen MR) is 73.0 cm³/mol. The molecule has 0 aromatic carbocycles. The molecule has 0 bridgehead atoms. The first kappa shape index (κ1) is 13.8. The summed E-state index contributed by atoms with van der Waals surface area (Å²) in [7, 11) is 0. The van der Waals surface area contributed by atoms with Gasteiger partial charge in [0.05, 0.1) is 23.0 Å². The molecular formula is C13H22ClN3O. The smallest absolute Gasteiger partial charge is 0.0847 e. The fourth-order valence-electron chi connectivity index (χ4n) is 2.77. The molecule has 0 saturated carbocycles. The van der Waals surface area contributed by atoms with Crippen LogP contribution in [0.25, 0.3) is 0 Å². The second-order valence-electron chi connectivity index (χ2n) is 5.28. The minimum Gasteiger partial charge on any atom is -0.396 e. The second-order valence-corrected chi connectivity index (χ2v) is 5.66. The molecule has 1 aromatic rings. The van der Waals surface area contributed by atoms with Crippen LogP contribution in [0.15, 0.2) is 0 Å². The standard InChI is InChI=1S/C13H22ClN3O/c1-3-17-11(12(14)10(2)16-17)7-13(9-18)5-4-6-15-8-13/h15,18H,3-9H2,1-2H3. The van der Waals surface area contributed by atoms with E-state index in [9.17, 15) is 5.11 Å². The van der Waals surface area contributed by atoms with E-state index in [1.807, 2.05) is 11.6 Å². The molecule has 1 fully saturated rings. The summed E-state index contributed by atoms with van der Waals surface area (Å²) in [5, 5.41) is 18.3. The summed E-state index contributed by atoms with van der Waals surface area (Å²) < 4.78 is 1.96. The highest BCUT2D eigenvalue weighted by atomic mass is 35.5. The molecule has 1 aliphatic rings. The zero-order valence-electron chi connectivity index (χ0n) is 11.2. The number of piperidine rings is 1. The van der Waals surface area contributed by atoms with E-state index in [1.54, 1.807) is 0 Å². The predicted octanol–water partition coefficient (Wildman–Crippen LogP) is 1.77. The molecule has 2 heterocycles. The van der Waals surface area contributed by atoms with Crippen LogP contribution >= 0.6 is 11.6 Å². The Balaban J connectivity index is 2.26. The molecule has 1 atom stereocenters. The topological polar surface area (TPSA) is 50.1 Å². The zero-order valence-corrected chi connectivity index (χ0v) is 11.9. The van der Waals surface area contributed by atoms with E-state index < -0.39 is 0 Å². The summed E-state index contributed by atoms with van der Waals surface area (Å²) in [5.74, 6) is 0. The summed E-state index contributed by atoms with van der Waals surface area (Å²) >= 11 is 6.35. The van der Waals surface area contributed by atoms with Gasteiger partial charge in [0.1, 0.15) is 0 Å². The fourth-order valence-corrected chi connectivity index (χ4v) is 2.97. The maximum atomic E-state index is 9.75. The Kier molecular flexibility index (Phi) is 4.30. The van der Waals surface area contributed by atoms with Crippen molar-refractivity contribution in [2.45, 2.75) is 39.7 Å². The maximum absolute atomic E-state index is 9.75. The Morgan fingerprint density at radius 1 is 1.56 bits per heavy atom. The van der Waals surface area contributed by atoms with Crippen molar-refractivity contribution in [3.05, 3.63) is 16.4 Å². The van der Waals surface area contributed by atoms with Crippen molar-refractivity contribution >= 4 is 11.6 Å². The van der Waals surface area contributed by atoms with E-state index in [1.165, 1.54) is 0 Å². The number of hydrogen-bond acceptors (Lipinski definition) is 3. The lowest BCUT2D eigenvalue weighted by Crippen LogP contribution is -2.44. The number of aryl methyl sites for hydroxylation is 2. The van der Waals surface area contributed by atoms with Crippen LogP contribution in [0, 0.1) is 12.3 Å². The number of aliphatic hydroxyl groups is 1. The van der Waals surface area contributed by atoms with Gasteiger partial charge in [-0.15, -0.1) is 0 Å². The van der Waals surface area contributed by atoms with Crippen LogP contribution in [-0.4, -0.2) is 34.6 Å². The number of aliphatic hydroxyl groups excluding tert-OH is 1. The molecule has 2 rings (SSSR count). The monoisotopic (exact) mass is 271 g/mol. The van der Waals surface area contributed by atoms with E-state index in [0.717, 1.165) is 55.3 Å². The van der Waals surface area contributed by atoms with Gasteiger partial charge < -0.3 is 10.4 Å². The van der Waals surface area contributed by atoms with Crippen LogP contribution in [0.2, 0.25) is 5.02 Å². The van der Waals surface area contributed by atoms with Gasteiger partial charge in [-0.2, -0.15) is 5.10 Å². The molecule has 1 aliphatic heterocycles. The third-order valence-electron chi connectivity index (χ3n) is 3.89. The molecular weight excluding hydrogens is 250 g/mol. The van der Waals surface area contributed by atoms with Crippen molar-refractivity contribution in [3.63, 3.8) is 0 Å². The van der Waals surface area contributed by atoms with Gasteiger partial charge in [0.25, 0.3) is 0 Å². The average molecular weight is 272 g/mol.